The third-order valence-electron chi connectivity index (χ3n) is 7.53. The molecule has 3 N–H and O–H groups in total. The van der Waals surface area contributed by atoms with Gasteiger partial charge in [-0.2, -0.15) is 5.10 Å². The second kappa shape index (κ2) is 10.2. The SMILES string of the molecule is Nc1ncccc1-c1nc2ccc(-n3cccn3)nc2n1-c1ccc2c(c1)CC[C@@H]2NC(=O)c1cc(C=O)c(F)cc1F. The van der Waals surface area contributed by atoms with Crippen LogP contribution in [0.1, 0.15) is 44.3 Å². The average molecular weight is 577 g/mol. The maximum absolute atomic E-state index is 14.4. The number of nitrogen functional groups attached to an aromatic ring is 1. The first kappa shape index (κ1) is 26.1. The standard InChI is InChI=1S/C31H22F2N8O2/c32-23-15-24(33)22(14-18(23)16-42)31(43)38-25-7-4-17-13-19(5-6-20(17)25)41-29(21-3-1-10-35-28(21)34)37-26-8-9-27(39-30(26)41)40-12-2-11-36-40/h1-3,5-6,8-16,25H,4,7H2,(H2,34,35)(H,38,43)/t25-/m0/s1. The minimum atomic E-state index is -1.04. The van der Waals surface area contributed by atoms with E-state index in [4.69, 9.17) is 15.7 Å². The lowest BCUT2D eigenvalue weighted by Gasteiger charge is -2.16. The van der Waals surface area contributed by atoms with Crippen LogP contribution in [-0.2, 0) is 6.42 Å². The Bertz CT molecular complexity index is 2060. The van der Waals surface area contributed by atoms with E-state index in [0.29, 0.717) is 53.1 Å². The number of aryl methyl sites for hydroxylation is 1. The summed E-state index contributed by atoms with van der Waals surface area (Å²) in [5.74, 6) is -1.29. The monoisotopic (exact) mass is 576 g/mol. The molecular formula is C31H22F2N8O2. The van der Waals surface area contributed by atoms with Gasteiger partial charge >= 0.3 is 0 Å². The number of carbonyl (C=O) groups excluding carboxylic acids is 2. The summed E-state index contributed by atoms with van der Waals surface area (Å²) >= 11 is 0. The van der Waals surface area contributed by atoms with E-state index in [9.17, 15) is 18.4 Å². The van der Waals surface area contributed by atoms with Crippen LogP contribution in [0.5, 0.6) is 0 Å². The van der Waals surface area contributed by atoms with Crippen LogP contribution in [0.3, 0.4) is 0 Å². The summed E-state index contributed by atoms with van der Waals surface area (Å²) in [5, 5.41) is 7.13. The van der Waals surface area contributed by atoms with E-state index in [-0.39, 0.29) is 11.8 Å². The van der Waals surface area contributed by atoms with E-state index in [1.54, 1.807) is 29.3 Å². The number of imidazole rings is 1. The highest BCUT2D eigenvalue weighted by Crippen LogP contribution is 2.36. The van der Waals surface area contributed by atoms with Gasteiger partial charge in [-0.05, 0) is 72.5 Å². The van der Waals surface area contributed by atoms with Gasteiger partial charge in [0.1, 0.15) is 23.0 Å². The third kappa shape index (κ3) is 4.49. The number of hydrogen-bond acceptors (Lipinski definition) is 7. The summed E-state index contributed by atoms with van der Waals surface area (Å²) in [7, 11) is 0. The summed E-state index contributed by atoms with van der Waals surface area (Å²) in [6.45, 7) is 0. The fourth-order valence-corrected chi connectivity index (χ4v) is 5.47. The highest BCUT2D eigenvalue weighted by molar-refractivity contribution is 5.96. The second-order valence-electron chi connectivity index (χ2n) is 10.1. The van der Waals surface area contributed by atoms with Crippen molar-refractivity contribution in [3.63, 3.8) is 0 Å². The van der Waals surface area contributed by atoms with Gasteiger partial charge in [-0.1, -0.05) is 6.07 Å². The number of anilines is 1. The van der Waals surface area contributed by atoms with Crippen molar-refractivity contribution in [3.05, 3.63) is 113 Å². The first-order valence-electron chi connectivity index (χ1n) is 13.4. The normalized spacial score (nSPS) is 14.1. The molecule has 0 saturated heterocycles. The number of benzene rings is 2. The van der Waals surface area contributed by atoms with Gasteiger partial charge in [-0.15, -0.1) is 0 Å². The predicted octanol–water partition coefficient (Wildman–Crippen LogP) is 4.76. The number of carbonyl (C=O) groups is 2. The minimum absolute atomic E-state index is 0.248. The zero-order valence-corrected chi connectivity index (χ0v) is 22.4. The molecule has 0 spiro atoms. The van der Waals surface area contributed by atoms with Gasteiger partial charge < -0.3 is 11.1 Å². The van der Waals surface area contributed by atoms with Crippen molar-refractivity contribution in [1.29, 1.82) is 0 Å². The first-order valence-corrected chi connectivity index (χ1v) is 13.4. The molecule has 2 aromatic carbocycles. The van der Waals surface area contributed by atoms with Crippen LogP contribution in [0.4, 0.5) is 14.6 Å². The predicted molar refractivity (Wildman–Crippen MR) is 154 cm³/mol. The van der Waals surface area contributed by atoms with Gasteiger partial charge in [0.25, 0.3) is 5.91 Å². The number of aldehydes is 1. The quantitative estimate of drug-likeness (QED) is 0.273. The van der Waals surface area contributed by atoms with Crippen LogP contribution in [0.15, 0.2) is 79.3 Å². The van der Waals surface area contributed by atoms with Gasteiger partial charge in [-0.3, -0.25) is 14.2 Å². The van der Waals surface area contributed by atoms with Crippen molar-refractivity contribution < 1.29 is 18.4 Å². The molecule has 10 nitrogen and oxygen atoms in total. The van der Waals surface area contributed by atoms with Gasteiger partial charge in [0.2, 0.25) is 0 Å². The van der Waals surface area contributed by atoms with Crippen LogP contribution in [-0.4, -0.2) is 41.5 Å². The minimum Gasteiger partial charge on any atom is -0.383 e. The van der Waals surface area contributed by atoms with E-state index in [0.717, 1.165) is 22.9 Å². The Hall–Kier alpha value is -5.78. The van der Waals surface area contributed by atoms with Crippen LogP contribution in [0.25, 0.3) is 34.1 Å². The third-order valence-corrected chi connectivity index (χ3v) is 7.53. The lowest BCUT2D eigenvalue weighted by atomic mass is 10.1. The highest BCUT2D eigenvalue weighted by Gasteiger charge is 2.27. The molecule has 0 aliphatic heterocycles. The zero-order chi connectivity index (χ0) is 29.7. The van der Waals surface area contributed by atoms with Crippen LogP contribution < -0.4 is 11.1 Å². The Kier molecular flexibility index (Phi) is 6.23. The Morgan fingerprint density at radius 2 is 1.91 bits per heavy atom. The molecule has 1 aliphatic carbocycles. The lowest BCUT2D eigenvalue weighted by Crippen LogP contribution is -2.28. The van der Waals surface area contributed by atoms with Crippen molar-refractivity contribution >= 4 is 29.2 Å². The largest absolute Gasteiger partial charge is 0.383 e. The Morgan fingerprint density at radius 1 is 1.02 bits per heavy atom. The molecule has 12 heteroatoms. The molecule has 0 unspecified atom stereocenters. The number of nitrogens with one attached hydrogen (secondary N) is 1. The fraction of sp³-hybridized carbons (Fsp3) is 0.0968. The number of aromatic nitrogens is 6. The van der Waals surface area contributed by atoms with Crippen molar-refractivity contribution in [2.75, 3.05) is 5.73 Å². The Morgan fingerprint density at radius 3 is 2.70 bits per heavy atom. The summed E-state index contributed by atoms with van der Waals surface area (Å²) in [6.07, 6.45) is 6.55. The fourth-order valence-electron chi connectivity index (χ4n) is 5.47. The molecule has 6 aromatic rings. The molecule has 43 heavy (non-hydrogen) atoms. The molecule has 0 radical (unpaired) electrons. The average Bonchev–Trinajstić information content (AvgIpc) is 3.76. The van der Waals surface area contributed by atoms with E-state index in [1.165, 1.54) is 0 Å². The molecule has 1 amide bonds. The molecule has 0 fully saturated rings. The van der Waals surface area contributed by atoms with E-state index in [1.807, 2.05) is 47.0 Å². The maximum Gasteiger partial charge on any atom is 0.254 e. The number of fused-ring (bicyclic) bond motifs is 2. The van der Waals surface area contributed by atoms with Crippen molar-refractivity contribution in [3.8, 4) is 22.9 Å². The number of amides is 1. The van der Waals surface area contributed by atoms with Crippen molar-refractivity contribution in [1.82, 2.24) is 34.6 Å². The smallest absolute Gasteiger partial charge is 0.254 e. The highest BCUT2D eigenvalue weighted by atomic mass is 19.1. The lowest BCUT2D eigenvalue weighted by molar-refractivity contribution is 0.0932. The van der Waals surface area contributed by atoms with Crippen molar-refractivity contribution in [2.45, 2.75) is 18.9 Å². The summed E-state index contributed by atoms with van der Waals surface area (Å²) in [4.78, 5) is 38.0. The van der Waals surface area contributed by atoms with Gasteiger partial charge in [0.15, 0.2) is 23.6 Å². The molecular weight excluding hydrogens is 554 g/mol. The number of rotatable bonds is 6. The summed E-state index contributed by atoms with van der Waals surface area (Å²) < 4.78 is 31.7. The maximum atomic E-state index is 14.4. The van der Waals surface area contributed by atoms with Crippen LogP contribution in [0.2, 0.25) is 0 Å². The Balaban J connectivity index is 1.29. The molecule has 7 rings (SSSR count). The van der Waals surface area contributed by atoms with Crippen molar-refractivity contribution in [2.24, 2.45) is 0 Å². The topological polar surface area (TPSA) is 134 Å². The number of pyridine rings is 2. The van der Waals surface area contributed by atoms with Crippen LogP contribution in [0, 0.1) is 11.6 Å². The molecule has 4 heterocycles. The van der Waals surface area contributed by atoms with Gasteiger partial charge in [0.05, 0.1) is 22.7 Å². The molecule has 0 bridgehead atoms. The molecule has 1 aliphatic rings. The number of nitrogens with zero attached hydrogens (tertiary/aromatic N) is 6. The Labute approximate surface area is 242 Å². The van der Waals surface area contributed by atoms with Gasteiger partial charge in [-0.25, -0.2) is 28.4 Å². The summed E-state index contributed by atoms with van der Waals surface area (Å²) in [5.41, 5.74) is 9.99. The first-order chi connectivity index (χ1) is 20.9. The molecule has 0 saturated carbocycles. The second-order valence-corrected chi connectivity index (χ2v) is 10.1. The van der Waals surface area contributed by atoms with Crippen LogP contribution >= 0.6 is 0 Å². The number of halogens is 2. The summed E-state index contributed by atoms with van der Waals surface area (Å²) in [6, 6.07) is 16.0. The van der Waals surface area contributed by atoms with E-state index < -0.39 is 29.1 Å². The molecule has 4 aromatic heterocycles. The molecule has 212 valence electrons. The molecule has 1 atom stereocenters. The zero-order valence-electron chi connectivity index (χ0n) is 22.4. The number of hydrogen-bond donors (Lipinski definition) is 2. The number of nitrogens with two attached hydrogens (primary N) is 1. The van der Waals surface area contributed by atoms with E-state index in [2.05, 4.69) is 15.4 Å². The van der Waals surface area contributed by atoms with Gasteiger partial charge in [0, 0.05) is 30.3 Å². The van der Waals surface area contributed by atoms with E-state index >= 15 is 0 Å².